The molecule has 0 spiro atoms. The van der Waals surface area contributed by atoms with Crippen molar-refractivity contribution >= 4 is 27.8 Å². The average Bonchev–Trinajstić information content (AvgIpc) is 3.22. The van der Waals surface area contributed by atoms with Gasteiger partial charge in [0.15, 0.2) is 5.78 Å². The number of likely N-dealkylation sites (tertiary alicyclic amines) is 1. The molecule has 0 bridgehead atoms. The van der Waals surface area contributed by atoms with Gasteiger partial charge in [0.2, 0.25) is 15.9 Å². The first kappa shape index (κ1) is 21.3. The SMILES string of the molecule is COC(=O)N1CCCC1C(=O)N1CCN(S(=O)(=O)c2ccc(C(C)=O)cc2)CC1. The van der Waals surface area contributed by atoms with E-state index >= 15 is 0 Å². The highest BCUT2D eigenvalue weighted by Crippen LogP contribution is 2.23. The Hall–Kier alpha value is -2.46. The van der Waals surface area contributed by atoms with Crippen LogP contribution in [0.25, 0.3) is 0 Å². The molecule has 1 atom stereocenters. The molecule has 2 fully saturated rings. The molecule has 0 radical (unpaired) electrons. The summed E-state index contributed by atoms with van der Waals surface area (Å²) in [5.74, 6) is -0.301. The van der Waals surface area contributed by atoms with E-state index in [1.165, 1.54) is 47.5 Å². The van der Waals surface area contributed by atoms with Crippen LogP contribution in [0.3, 0.4) is 0 Å². The molecule has 2 aliphatic heterocycles. The Morgan fingerprint density at radius 3 is 2.17 bits per heavy atom. The third-order valence-electron chi connectivity index (χ3n) is 5.40. The smallest absolute Gasteiger partial charge is 0.410 e. The van der Waals surface area contributed by atoms with Gasteiger partial charge in [-0.15, -0.1) is 0 Å². The third kappa shape index (κ3) is 4.27. The van der Waals surface area contributed by atoms with Crippen molar-refractivity contribution in [1.82, 2.24) is 14.1 Å². The predicted molar refractivity (Wildman–Crippen MR) is 104 cm³/mol. The number of ketones is 1. The van der Waals surface area contributed by atoms with Crippen LogP contribution in [0, 0.1) is 0 Å². The highest BCUT2D eigenvalue weighted by molar-refractivity contribution is 7.89. The van der Waals surface area contributed by atoms with E-state index in [1.807, 2.05) is 0 Å². The molecule has 2 saturated heterocycles. The molecular weight excluding hydrogens is 398 g/mol. The van der Waals surface area contributed by atoms with Crippen LogP contribution in [0.15, 0.2) is 29.2 Å². The molecule has 3 rings (SSSR count). The van der Waals surface area contributed by atoms with Gasteiger partial charge in [0.05, 0.1) is 12.0 Å². The maximum atomic E-state index is 12.8. The summed E-state index contributed by atoms with van der Waals surface area (Å²) in [4.78, 5) is 39.2. The van der Waals surface area contributed by atoms with E-state index in [1.54, 1.807) is 4.90 Å². The summed E-state index contributed by atoms with van der Waals surface area (Å²) in [5.41, 5.74) is 0.450. The fourth-order valence-corrected chi connectivity index (χ4v) is 5.15. The van der Waals surface area contributed by atoms with Crippen LogP contribution in [-0.4, -0.2) is 86.2 Å². The number of nitrogens with zero attached hydrogens (tertiary/aromatic N) is 3. The lowest BCUT2D eigenvalue weighted by molar-refractivity contribution is -0.136. The molecule has 0 N–H and O–H groups in total. The monoisotopic (exact) mass is 423 g/mol. The number of carbonyl (C=O) groups excluding carboxylic acids is 3. The molecule has 2 amide bonds. The summed E-state index contributed by atoms with van der Waals surface area (Å²) in [6.45, 7) is 2.77. The van der Waals surface area contributed by atoms with Crippen molar-refractivity contribution in [3.63, 3.8) is 0 Å². The van der Waals surface area contributed by atoms with Crippen LogP contribution in [-0.2, 0) is 19.6 Å². The quantitative estimate of drug-likeness (QED) is 0.668. The number of piperazine rings is 1. The fraction of sp³-hybridized carbons (Fsp3) is 0.526. The van der Waals surface area contributed by atoms with Crippen molar-refractivity contribution in [3.05, 3.63) is 29.8 Å². The van der Waals surface area contributed by atoms with Gasteiger partial charge in [0.25, 0.3) is 0 Å². The largest absolute Gasteiger partial charge is 0.453 e. The number of ether oxygens (including phenoxy) is 1. The molecular formula is C19H25N3O6S. The Labute approximate surface area is 170 Å². The van der Waals surface area contributed by atoms with Crippen molar-refractivity contribution in [2.45, 2.75) is 30.7 Å². The lowest BCUT2D eigenvalue weighted by Crippen LogP contribution is -2.55. The van der Waals surface area contributed by atoms with Crippen molar-refractivity contribution < 1.29 is 27.5 Å². The lowest BCUT2D eigenvalue weighted by Gasteiger charge is -2.36. The van der Waals surface area contributed by atoms with E-state index in [0.29, 0.717) is 18.5 Å². The van der Waals surface area contributed by atoms with Crippen molar-refractivity contribution in [2.75, 3.05) is 39.8 Å². The minimum Gasteiger partial charge on any atom is -0.453 e. The predicted octanol–water partition coefficient (Wildman–Crippen LogP) is 0.953. The molecule has 29 heavy (non-hydrogen) atoms. The number of rotatable bonds is 4. The van der Waals surface area contributed by atoms with E-state index in [-0.39, 0.29) is 42.8 Å². The van der Waals surface area contributed by atoms with Crippen molar-refractivity contribution in [2.24, 2.45) is 0 Å². The summed E-state index contributed by atoms with van der Waals surface area (Å²) < 4.78 is 31.8. The van der Waals surface area contributed by atoms with Crippen LogP contribution >= 0.6 is 0 Å². The van der Waals surface area contributed by atoms with Crippen LogP contribution in [0.4, 0.5) is 4.79 Å². The highest BCUT2D eigenvalue weighted by atomic mass is 32.2. The number of carbonyl (C=O) groups is 3. The zero-order chi connectivity index (χ0) is 21.2. The number of methoxy groups -OCH3 is 1. The Kier molecular flexibility index (Phi) is 6.23. The van der Waals surface area contributed by atoms with Gasteiger partial charge >= 0.3 is 6.09 Å². The van der Waals surface area contributed by atoms with Crippen LogP contribution in [0.2, 0.25) is 0 Å². The van der Waals surface area contributed by atoms with Gasteiger partial charge in [-0.2, -0.15) is 4.31 Å². The van der Waals surface area contributed by atoms with Crippen LogP contribution in [0.1, 0.15) is 30.1 Å². The molecule has 0 aromatic heterocycles. The second kappa shape index (κ2) is 8.50. The minimum absolute atomic E-state index is 0.120. The molecule has 2 heterocycles. The zero-order valence-corrected chi connectivity index (χ0v) is 17.4. The summed E-state index contributed by atoms with van der Waals surface area (Å²) in [6, 6.07) is 5.30. The van der Waals surface area contributed by atoms with Crippen LogP contribution < -0.4 is 0 Å². The van der Waals surface area contributed by atoms with Crippen molar-refractivity contribution in [3.8, 4) is 0 Å². The highest BCUT2D eigenvalue weighted by Gasteiger charge is 2.39. The van der Waals surface area contributed by atoms with E-state index in [0.717, 1.165) is 6.42 Å². The second-order valence-electron chi connectivity index (χ2n) is 7.13. The molecule has 1 unspecified atom stereocenters. The second-order valence-corrected chi connectivity index (χ2v) is 9.07. The van der Waals surface area contributed by atoms with E-state index in [9.17, 15) is 22.8 Å². The number of sulfonamides is 1. The average molecular weight is 423 g/mol. The third-order valence-corrected chi connectivity index (χ3v) is 7.31. The topological polar surface area (TPSA) is 104 Å². The van der Waals surface area contributed by atoms with Gasteiger partial charge in [-0.05, 0) is 31.9 Å². The standard InChI is InChI=1S/C19H25N3O6S/c1-14(23)15-5-7-16(8-6-15)29(26,27)21-12-10-20(11-13-21)18(24)17-4-3-9-22(17)19(25)28-2/h5-8,17H,3-4,9-13H2,1-2H3. The van der Waals surface area contributed by atoms with E-state index in [2.05, 4.69) is 0 Å². The van der Waals surface area contributed by atoms with Crippen molar-refractivity contribution in [1.29, 1.82) is 0 Å². The van der Waals surface area contributed by atoms with E-state index in [4.69, 9.17) is 4.74 Å². The zero-order valence-electron chi connectivity index (χ0n) is 16.5. The molecule has 0 saturated carbocycles. The molecule has 1 aromatic rings. The number of Topliss-reactive ketones (excluding diaryl/α,β-unsaturated/α-hetero) is 1. The van der Waals surface area contributed by atoms with E-state index < -0.39 is 22.2 Å². The first-order valence-corrected chi connectivity index (χ1v) is 10.9. The summed E-state index contributed by atoms with van der Waals surface area (Å²) in [5, 5.41) is 0. The van der Waals surface area contributed by atoms with Gasteiger partial charge < -0.3 is 9.64 Å². The normalized spacial score (nSPS) is 20.6. The molecule has 10 heteroatoms. The van der Waals surface area contributed by atoms with Crippen LogP contribution in [0.5, 0.6) is 0 Å². The lowest BCUT2D eigenvalue weighted by atomic mass is 10.2. The van der Waals surface area contributed by atoms with Gasteiger partial charge in [-0.3, -0.25) is 14.5 Å². The number of hydrogen-bond donors (Lipinski definition) is 0. The van der Waals surface area contributed by atoms with Gasteiger partial charge in [-0.1, -0.05) is 12.1 Å². The fourth-order valence-electron chi connectivity index (χ4n) is 3.73. The Morgan fingerprint density at radius 2 is 1.62 bits per heavy atom. The molecule has 0 aliphatic carbocycles. The van der Waals surface area contributed by atoms with Gasteiger partial charge in [0, 0.05) is 38.3 Å². The summed E-state index contributed by atoms with van der Waals surface area (Å²) in [6.07, 6.45) is 0.793. The minimum atomic E-state index is -3.70. The Balaban J connectivity index is 1.64. The number of hydrogen-bond acceptors (Lipinski definition) is 6. The first-order chi connectivity index (χ1) is 13.8. The summed E-state index contributed by atoms with van der Waals surface area (Å²) >= 11 is 0. The molecule has 2 aliphatic rings. The molecule has 158 valence electrons. The number of amides is 2. The Bertz CT molecular complexity index is 891. The first-order valence-electron chi connectivity index (χ1n) is 9.50. The molecule has 1 aromatic carbocycles. The van der Waals surface area contributed by atoms with Gasteiger partial charge in [-0.25, -0.2) is 13.2 Å². The maximum absolute atomic E-state index is 12.8. The number of benzene rings is 1. The maximum Gasteiger partial charge on any atom is 0.410 e. The van der Waals surface area contributed by atoms with Gasteiger partial charge in [0.1, 0.15) is 6.04 Å². The summed E-state index contributed by atoms with van der Waals surface area (Å²) in [7, 11) is -2.41. The molecule has 9 nitrogen and oxygen atoms in total. The Morgan fingerprint density at radius 1 is 1.00 bits per heavy atom.